The number of alkyl halides is 1. The van der Waals surface area contributed by atoms with E-state index in [0.717, 1.165) is 0 Å². The highest BCUT2D eigenvalue weighted by Crippen LogP contribution is 2.02. The summed E-state index contributed by atoms with van der Waals surface area (Å²) < 4.78 is 10.0. The van der Waals surface area contributed by atoms with Gasteiger partial charge in [0.05, 0.1) is 6.10 Å². The molecule has 0 bridgehead atoms. The second kappa shape index (κ2) is 4.42. The lowest BCUT2D eigenvalue weighted by Crippen LogP contribution is -2.03. The SMILES string of the molecule is CC(C)OCc1noc(CCl)n1. The number of aromatic nitrogens is 2. The number of nitrogens with zero attached hydrogens (tertiary/aromatic N) is 2. The zero-order valence-electron chi connectivity index (χ0n) is 7.08. The maximum absolute atomic E-state index is 5.47. The summed E-state index contributed by atoms with van der Waals surface area (Å²) in [6, 6.07) is 0. The molecule has 0 saturated heterocycles. The minimum atomic E-state index is 0.169. The summed E-state index contributed by atoms with van der Waals surface area (Å²) in [5.74, 6) is 1.22. The molecule has 0 aromatic carbocycles. The minimum Gasteiger partial charge on any atom is -0.371 e. The lowest BCUT2D eigenvalue weighted by atomic mass is 10.5. The van der Waals surface area contributed by atoms with Crippen molar-refractivity contribution in [2.45, 2.75) is 32.4 Å². The molecule has 0 N–H and O–H groups in total. The number of hydrogen-bond donors (Lipinski definition) is 0. The van der Waals surface area contributed by atoms with Crippen LogP contribution in [0.5, 0.6) is 0 Å². The molecule has 0 fully saturated rings. The van der Waals surface area contributed by atoms with Gasteiger partial charge in [0, 0.05) is 0 Å². The van der Waals surface area contributed by atoms with Crippen LogP contribution in [0.25, 0.3) is 0 Å². The second-order valence-electron chi connectivity index (χ2n) is 2.60. The Balaban J connectivity index is 2.41. The highest BCUT2D eigenvalue weighted by Gasteiger charge is 2.05. The standard InChI is InChI=1S/C7H11ClN2O2/c1-5(2)11-4-6-9-7(3-8)12-10-6/h5H,3-4H2,1-2H3. The van der Waals surface area contributed by atoms with Crippen molar-refractivity contribution in [2.75, 3.05) is 0 Å². The molecule has 0 unspecified atom stereocenters. The Kier molecular flexibility index (Phi) is 3.49. The van der Waals surface area contributed by atoms with Gasteiger partial charge in [-0.05, 0) is 13.8 Å². The molecular weight excluding hydrogens is 180 g/mol. The van der Waals surface area contributed by atoms with Crippen LogP contribution < -0.4 is 0 Å². The fourth-order valence-electron chi connectivity index (χ4n) is 0.644. The van der Waals surface area contributed by atoms with Gasteiger partial charge in [0.15, 0.2) is 5.82 Å². The van der Waals surface area contributed by atoms with Crippen molar-refractivity contribution in [3.05, 3.63) is 11.7 Å². The van der Waals surface area contributed by atoms with E-state index in [2.05, 4.69) is 10.1 Å². The van der Waals surface area contributed by atoms with E-state index in [4.69, 9.17) is 20.9 Å². The van der Waals surface area contributed by atoms with Crippen molar-refractivity contribution >= 4 is 11.6 Å². The van der Waals surface area contributed by atoms with Crippen molar-refractivity contribution in [3.8, 4) is 0 Å². The molecule has 1 heterocycles. The van der Waals surface area contributed by atoms with Crippen molar-refractivity contribution < 1.29 is 9.26 Å². The largest absolute Gasteiger partial charge is 0.371 e. The third-order valence-corrected chi connectivity index (χ3v) is 1.40. The first kappa shape index (κ1) is 9.48. The zero-order chi connectivity index (χ0) is 8.97. The van der Waals surface area contributed by atoms with E-state index in [0.29, 0.717) is 18.3 Å². The van der Waals surface area contributed by atoms with Crippen LogP contribution in [0.3, 0.4) is 0 Å². The fourth-order valence-corrected chi connectivity index (χ4v) is 0.753. The lowest BCUT2D eigenvalue weighted by Gasteiger charge is -2.02. The van der Waals surface area contributed by atoms with E-state index in [1.54, 1.807) is 0 Å². The van der Waals surface area contributed by atoms with Gasteiger partial charge in [0.25, 0.3) is 0 Å². The summed E-state index contributed by atoms with van der Waals surface area (Å²) >= 11 is 5.47. The monoisotopic (exact) mass is 190 g/mol. The molecule has 0 aliphatic carbocycles. The Hall–Kier alpha value is -0.610. The van der Waals surface area contributed by atoms with Gasteiger partial charge < -0.3 is 9.26 Å². The number of halogens is 1. The average molecular weight is 191 g/mol. The van der Waals surface area contributed by atoms with Gasteiger partial charge in [0.2, 0.25) is 5.89 Å². The lowest BCUT2D eigenvalue weighted by molar-refractivity contribution is 0.0601. The van der Waals surface area contributed by atoms with Crippen molar-refractivity contribution in [1.82, 2.24) is 10.1 Å². The molecule has 5 heteroatoms. The highest BCUT2D eigenvalue weighted by atomic mass is 35.5. The molecule has 1 aromatic rings. The predicted molar refractivity (Wildman–Crippen MR) is 43.8 cm³/mol. The Labute approximate surface area is 75.9 Å². The van der Waals surface area contributed by atoms with Crippen LogP contribution in [0.4, 0.5) is 0 Å². The van der Waals surface area contributed by atoms with E-state index in [9.17, 15) is 0 Å². The van der Waals surface area contributed by atoms with Gasteiger partial charge in [0.1, 0.15) is 12.5 Å². The first-order valence-electron chi connectivity index (χ1n) is 3.71. The number of ether oxygens (including phenoxy) is 1. The molecule has 0 aliphatic rings. The van der Waals surface area contributed by atoms with Gasteiger partial charge >= 0.3 is 0 Å². The zero-order valence-corrected chi connectivity index (χ0v) is 7.84. The van der Waals surface area contributed by atoms with Crippen molar-refractivity contribution in [1.29, 1.82) is 0 Å². The molecule has 1 aromatic heterocycles. The summed E-state index contributed by atoms with van der Waals surface area (Å²) in [5.41, 5.74) is 0. The van der Waals surface area contributed by atoms with Crippen LogP contribution in [0, 0.1) is 0 Å². The van der Waals surface area contributed by atoms with Crippen LogP contribution in [0.15, 0.2) is 4.52 Å². The number of hydrogen-bond acceptors (Lipinski definition) is 4. The highest BCUT2D eigenvalue weighted by molar-refractivity contribution is 6.16. The van der Waals surface area contributed by atoms with Gasteiger partial charge in [-0.25, -0.2) is 0 Å². The summed E-state index contributed by atoms with van der Waals surface area (Å²) in [7, 11) is 0. The van der Waals surface area contributed by atoms with Crippen LogP contribution in [-0.4, -0.2) is 16.2 Å². The van der Waals surface area contributed by atoms with Gasteiger partial charge in [-0.1, -0.05) is 5.16 Å². The summed E-state index contributed by atoms with van der Waals surface area (Å²) in [5, 5.41) is 3.66. The smallest absolute Gasteiger partial charge is 0.241 e. The van der Waals surface area contributed by atoms with Gasteiger partial charge in [-0.2, -0.15) is 4.98 Å². The molecule has 0 radical (unpaired) electrons. The summed E-state index contributed by atoms with van der Waals surface area (Å²) in [6.45, 7) is 4.27. The molecule has 0 aliphatic heterocycles. The van der Waals surface area contributed by atoms with E-state index in [-0.39, 0.29) is 12.0 Å². The third kappa shape index (κ3) is 2.79. The Bertz CT molecular complexity index is 237. The van der Waals surface area contributed by atoms with Crippen LogP contribution in [-0.2, 0) is 17.2 Å². The third-order valence-electron chi connectivity index (χ3n) is 1.17. The van der Waals surface area contributed by atoms with Crippen molar-refractivity contribution in [3.63, 3.8) is 0 Å². The van der Waals surface area contributed by atoms with Crippen LogP contribution in [0.1, 0.15) is 25.6 Å². The van der Waals surface area contributed by atoms with Gasteiger partial charge in [-0.15, -0.1) is 11.6 Å². The molecule has 4 nitrogen and oxygen atoms in total. The van der Waals surface area contributed by atoms with Gasteiger partial charge in [-0.3, -0.25) is 0 Å². The molecule has 68 valence electrons. The Morgan fingerprint density at radius 2 is 2.33 bits per heavy atom. The average Bonchev–Trinajstić information content (AvgIpc) is 2.48. The van der Waals surface area contributed by atoms with Crippen LogP contribution in [0.2, 0.25) is 0 Å². The quantitative estimate of drug-likeness (QED) is 0.679. The van der Waals surface area contributed by atoms with E-state index < -0.39 is 0 Å². The molecule has 0 atom stereocenters. The molecule has 1 rings (SSSR count). The predicted octanol–water partition coefficient (Wildman–Crippen LogP) is 1.73. The second-order valence-corrected chi connectivity index (χ2v) is 2.86. The molecular formula is C7H11ClN2O2. The van der Waals surface area contributed by atoms with Crippen molar-refractivity contribution in [2.24, 2.45) is 0 Å². The van der Waals surface area contributed by atoms with E-state index in [1.165, 1.54) is 0 Å². The fraction of sp³-hybridized carbons (Fsp3) is 0.714. The van der Waals surface area contributed by atoms with Crippen LogP contribution >= 0.6 is 11.6 Å². The number of rotatable bonds is 4. The summed E-state index contributed by atoms with van der Waals surface area (Å²) in [4.78, 5) is 3.97. The molecule has 0 spiro atoms. The topological polar surface area (TPSA) is 48.2 Å². The molecule has 0 saturated carbocycles. The first-order valence-corrected chi connectivity index (χ1v) is 4.25. The molecule has 0 amide bonds. The molecule has 12 heavy (non-hydrogen) atoms. The van der Waals surface area contributed by atoms with E-state index in [1.807, 2.05) is 13.8 Å². The maximum Gasteiger partial charge on any atom is 0.241 e. The van der Waals surface area contributed by atoms with E-state index >= 15 is 0 Å². The summed E-state index contributed by atoms with van der Waals surface area (Å²) in [6.07, 6.45) is 0.169. The Morgan fingerprint density at radius 1 is 1.58 bits per heavy atom. The normalized spacial score (nSPS) is 11.0. The minimum absolute atomic E-state index is 0.169. The Morgan fingerprint density at radius 3 is 2.83 bits per heavy atom. The first-order chi connectivity index (χ1) is 5.72. The maximum atomic E-state index is 5.47.